The first kappa shape index (κ1) is 12.8. The zero-order valence-corrected chi connectivity index (χ0v) is 10.3. The van der Waals surface area contributed by atoms with Gasteiger partial charge in [-0.2, -0.15) is 0 Å². The van der Waals surface area contributed by atoms with Crippen LogP contribution in [0.5, 0.6) is 0 Å². The molecule has 2 rings (SSSR count). The second kappa shape index (κ2) is 6.34. The predicted octanol–water partition coefficient (Wildman–Crippen LogP) is 2.50. The Morgan fingerprint density at radius 1 is 0.722 bits per heavy atom. The van der Waals surface area contributed by atoms with Crippen LogP contribution in [0, 0.1) is 5.92 Å². The fraction of sp³-hybridized carbons (Fsp3) is 0.250. The first-order chi connectivity index (χ1) is 8.83. The van der Waals surface area contributed by atoms with Crippen LogP contribution < -0.4 is 0 Å². The van der Waals surface area contributed by atoms with Crippen molar-refractivity contribution in [2.75, 3.05) is 13.2 Å². The van der Waals surface area contributed by atoms with Crippen LogP contribution in [0.3, 0.4) is 0 Å². The third kappa shape index (κ3) is 3.19. The van der Waals surface area contributed by atoms with Crippen LogP contribution in [0.25, 0.3) is 11.1 Å². The lowest BCUT2D eigenvalue weighted by atomic mass is 9.98. The van der Waals surface area contributed by atoms with Gasteiger partial charge in [-0.3, -0.25) is 0 Å². The highest BCUT2D eigenvalue weighted by Crippen LogP contribution is 2.20. The highest BCUT2D eigenvalue weighted by Gasteiger charge is 2.07. The van der Waals surface area contributed by atoms with Crippen LogP contribution in [0.1, 0.15) is 5.56 Å². The van der Waals surface area contributed by atoms with Crippen molar-refractivity contribution < 1.29 is 10.2 Å². The second-order valence-electron chi connectivity index (χ2n) is 4.50. The summed E-state index contributed by atoms with van der Waals surface area (Å²) in [6.45, 7) is 0.0495. The summed E-state index contributed by atoms with van der Waals surface area (Å²) in [5, 5.41) is 18.1. The lowest BCUT2D eigenvalue weighted by Gasteiger charge is -2.11. The van der Waals surface area contributed by atoms with Crippen LogP contribution >= 0.6 is 0 Å². The number of rotatable bonds is 5. The molecule has 94 valence electrons. The van der Waals surface area contributed by atoms with E-state index >= 15 is 0 Å². The van der Waals surface area contributed by atoms with Gasteiger partial charge in [-0.15, -0.1) is 0 Å². The Labute approximate surface area is 108 Å². The van der Waals surface area contributed by atoms with Gasteiger partial charge in [0, 0.05) is 19.1 Å². The normalized spacial score (nSPS) is 10.8. The lowest BCUT2D eigenvalue weighted by Crippen LogP contribution is -2.13. The molecule has 0 saturated heterocycles. The molecule has 0 aliphatic heterocycles. The zero-order valence-electron chi connectivity index (χ0n) is 10.3. The molecule has 0 aliphatic rings. The van der Waals surface area contributed by atoms with Gasteiger partial charge in [0.15, 0.2) is 0 Å². The molecule has 0 amide bonds. The van der Waals surface area contributed by atoms with Gasteiger partial charge < -0.3 is 10.2 Å². The molecular weight excluding hydrogens is 224 g/mol. The van der Waals surface area contributed by atoms with Gasteiger partial charge in [0.05, 0.1) is 0 Å². The van der Waals surface area contributed by atoms with Gasteiger partial charge in [-0.05, 0) is 23.1 Å². The van der Waals surface area contributed by atoms with E-state index in [1.807, 2.05) is 18.2 Å². The molecule has 0 atom stereocenters. The van der Waals surface area contributed by atoms with Crippen molar-refractivity contribution in [3.63, 3.8) is 0 Å². The molecule has 0 spiro atoms. The first-order valence-electron chi connectivity index (χ1n) is 6.19. The smallest absolute Gasteiger partial charge is 0.0484 e. The number of aliphatic hydroxyl groups is 2. The summed E-state index contributed by atoms with van der Waals surface area (Å²) in [5.74, 6) is -0.0624. The van der Waals surface area contributed by atoms with Gasteiger partial charge in [0.25, 0.3) is 0 Å². The van der Waals surface area contributed by atoms with E-state index in [1.165, 1.54) is 11.1 Å². The van der Waals surface area contributed by atoms with Crippen LogP contribution in [-0.2, 0) is 6.42 Å². The Morgan fingerprint density at radius 3 is 1.83 bits per heavy atom. The average Bonchev–Trinajstić information content (AvgIpc) is 2.46. The molecule has 0 aromatic heterocycles. The van der Waals surface area contributed by atoms with Crippen molar-refractivity contribution in [1.82, 2.24) is 0 Å². The summed E-state index contributed by atoms with van der Waals surface area (Å²) in [5.41, 5.74) is 3.52. The third-order valence-corrected chi connectivity index (χ3v) is 3.10. The van der Waals surface area contributed by atoms with Gasteiger partial charge in [-0.1, -0.05) is 54.6 Å². The standard InChI is InChI=1S/C16H18O2/c17-11-14(12-18)10-13-6-8-16(9-7-13)15-4-2-1-3-5-15/h1-9,14,17-18H,10-12H2. The quantitative estimate of drug-likeness (QED) is 0.845. The lowest BCUT2D eigenvalue weighted by molar-refractivity contribution is 0.150. The molecule has 2 heteroatoms. The van der Waals surface area contributed by atoms with E-state index in [9.17, 15) is 0 Å². The predicted molar refractivity (Wildman–Crippen MR) is 73.2 cm³/mol. The van der Waals surface area contributed by atoms with Gasteiger partial charge in [-0.25, -0.2) is 0 Å². The Hall–Kier alpha value is -1.64. The van der Waals surface area contributed by atoms with Crippen LogP contribution in [0.2, 0.25) is 0 Å². The fourth-order valence-corrected chi connectivity index (χ4v) is 1.98. The molecule has 2 nitrogen and oxygen atoms in total. The summed E-state index contributed by atoms with van der Waals surface area (Å²) in [7, 11) is 0. The summed E-state index contributed by atoms with van der Waals surface area (Å²) < 4.78 is 0. The minimum Gasteiger partial charge on any atom is -0.396 e. The van der Waals surface area contributed by atoms with Crippen molar-refractivity contribution in [3.05, 3.63) is 60.2 Å². The SMILES string of the molecule is OCC(CO)Cc1ccc(-c2ccccc2)cc1. The Kier molecular flexibility index (Phi) is 4.51. The van der Waals surface area contributed by atoms with E-state index in [0.717, 1.165) is 5.56 Å². The molecular formula is C16H18O2. The van der Waals surface area contributed by atoms with E-state index in [0.29, 0.717) is 6.42 Å². The molecule has 0 fully saturated rings. The molecule has 2 aromatic rings. The van der Waals surface area contributed by atoms with E-state index in [2.05, 4.69) is 36.4 Å². The molecule has 0 bridgehead atoms. The second-order valence-corrected chi connectivity index (χ2v) is 4.50. The maximum atomic E-state index is 9.06. The molecule has 0 unspecified atom stereocenters. The largest absolute Gasteiger partial charge is 0.396 e. The van der Waals surface area contributed by atoms with E-state index in [1.54, 1.807) is 0 Å². The van der Waals surface area contributed by atoms with Crippen LogP contribution in [-0.4, -0.2) is 23.4 Å². The molecule has 0 radical (unpaired) electrons. The Bertz CT molecular complexity index is 458. The molecule has 0 heterocycles. The number of hydrogen-bond acceptors (Lipinski definition) is 2. The maximum Gasteiger partial charge on any atom is 0.0484 e. The van der Waals surface area contributed by atoms with Crippen molar-refractivity contribution in [1.29, 1.82) is 0 Å². The van der Waals surface area contributed by atoms with Gasteiger partial charge in [0.1, 0.15) is 0 Å². The highest BCUT2D eigenvalue weighted by atomic mass is 16.3. The molecule has 0 aliphatic carbocycles. The zero-order chi connectivity index (χ0) is 12.8. The van der Waals surface area contributed by atoms with Crippen LogP contribution in [0.4, 0.5) is 0 Å². The van der Waals surface area contributed by atoms with Gasteiger partial charge in [0.2, 0.25) is 0 Å². The Morgan fingerprint density at radius 2 is 1.28 bits per heavy atom. The monoisotopic (exact) mass is 242 g/mol. The van der Waals surface area contributed by atoms with E-state index in [4.69, 9.17) is 10.2 Å². The third-order valence-electron chi connectivity index (χ3n) is 3.10. The van der Waals surface area contributed by atoms with Crippen LogP contribution in [0.15, 0.2) is 54.6 Å². The number of benzene rings is 2. The summed E-state index contributed by atoms with van der Waals surface area (Å²) in [6.07, 6.45) is 0.710. The summed E-state index contributed by atoms with van der Waals surface area (Å²) >= 11 is 0. The number of aliphatic hydroxyl groups excluding tert-OH is 2. The van der Waals surface area contributed by atoms with E-state index in [-0.39, 0.29) is 19.1 Å². The molecule has 2 aromatic carbocycles. The molecule has 18 heavy (non-hydrogen) atoms. The summed E-state index contributed by atoms with van der Waals surface area (Å²) in [6, 6.07) is 18.5. The Balaban J connectivity index is 2.11. The number of hydrogen-bond donors (Lipinski definition) is 2. The minimum absolute atomic E-state index is 0.0247. The van der Waals surface area contributed by atoms with Crippen molar-refractivity contribution in [2.24, 2.45) is 5.92 Å². The average molecular weight is 242 g/mol. The maximum absolute atomic E-state index is 9.06. The van der Waals surface area contributed by atoms with Crippen molar-refractivity contribution in [3.8, 4) is 11.1 Å². The van der Waals surface area contributed by atoms with E-state index < -0.39 is 0 Å². The fourth-order valence-electron chi connectivity index (χ4n) is 1.98. The molecule has 0 saturated carbocycles. The summed E-state index contributed by atoms with van der Waals surface area (Å²) in [4.78, 5) is 0. The molecule has 2 N–H and O–H groups in total. The van der Waals surface area contributed by atoms with Gasteiger partial charge >= 0.3 is 0 Å². The van der Waals surface area contributed by atoms with Crippen molar-refractivity contribution >= 4 is 0 Å². The highest BCUT2D eigenvalue weighted by molar-refractivity contribution is 5.63. The topological polar surface area (TPSA) is 40.5 Å². The minimum atomic E-state index is -0.0624. The van der Waals surface area contributed by atoms with Crippen molar-refractivity contribution in [2.45, 2.75) is 6.42 Å². The first-order valence-corrected chi connectivity index (χ1v) is 6.19.